The molecule has 2 heterocycles. The number of nitrogens with zero attached hydrogens (tertiary/aromatic N) is 4. The second kappa shape index (κ2) is 6.37. The minimum Gasteiger partial charge on any atom is -0.345 e. The summed E-state index contributed by atoms with van der Waals surface area (Å²) in [6, 6.07) is 0.307. The number of aromatic nitrogens is 2. The Balaban J connectivity index is 1.87. The van der Waals surface area contributed by atoms with Gasteiger partial charge in [-0.2, -0.15) is 0 Å². The molecule has 1 saturated heterocycles. The van der Waals surface area contributed by atoms with E-state index >= 15 is 0 Å². The zero-order valence-electron chi connectivity index (χ0n) is 12.9. The number of amides is 1. The lowest BCUT2D eigenvalue weighted by molar-refractivity contribution is -0.132. The van der Waals surface area contributed by atoms with Crippen LogP contribution in [0.3, 0.4) is 0 Å². The van der Waals surface area contributed by atoms with Crippen LogP contribution in [0.25, 0.3) is 0 Å². The quantitative estimate of drug-likeness (QED) is 0.862. The lowest BCUT2D eigenvalue weighted by Crippen LogP contribution is -2.51. The van der Waals surface area contributed by atoms with Crippen molar-refractivity contribution in [3.63, 3.8) is 0 Å². The molecular weight excluding hydrogens is 254 g/mol. The van der Waals surface area contributed by atoms with Crippen molar-refractivity contribution in [3.05, 3.63) is 17.7 Å². The number of piperazine rings is 1. The molecule has 1 aliphatic rings. The largest absolute Gasteiger partial charge is 0.345 e. The van der Waals surface area contributed by atoms with Crippen LogP contribution in [-0.2, 0) is 11.3 Å². The van der Waals surface area contributed by atoms with Gasteiger partial charge in [0.05, 0.1) is 6.54 Å². The predicted molar refractivity (Wildman–Crippen MR) is 78.3 cm³/mol. The Morgan fingerprint density at radius 2 is 2.25 bits per heavy atom. The van der Waals surface area contributed by atoms with Gasteiger partial charge in [0.1, 0.15) is 5.82 Å². The number of nitrogens with one attached hydrogen (secondary N) is 1. The van der Waals surface area contributed by atoms with Crippen molar-refractivity contribution >= 4 is 5.91 Å². The fraction of sp³-hybridized carbons (Fsp3) is 0.714. The molecule has 1 aliphatic heterocycles. The van der Waals surface area contributed by atoms with Crippen molar-refractivity contribution < 1.29 is 4.79 Å². The fourth-order valence-corrected chi connectivity index (χ4v) is 2.54. The highest BCUT2D eigenvalue weighted by Crippen LogP contribution is 2.11. The van der Waals surface area contributed by atoms with E-state index in [1.54, 1.807) is 11.1 Å². The molecule has 0 spiro atoms. The van der Waals surface area contributed by atoms with E-state index in [2.05, 4.69) is 33.9 Å². The number of aromatic amines is 1. The van der Waals surface area contributed by atoms with Crippen LogP contribution >= 0.6 is 0 Å². The van der Waals surface area contributed by atoms with E-state index in [-0.39, 0.29) is 5.91 Å². The van der Waals surface area contributed by atoms with Crippen LogP contribution in [-0.4, -0.2) is 77.4 Å². The average molecular weight is 279 g/mol. The van der Waals surface area contributed by atoms with E-state index in [9.17, 15) is 4.79 Å². The number of carbonyl (C=O) groups is 1. The lowest BCUT2D eigenvalue weighted by Gasteiger charge is -2.37. The summed E-state index contributed by atoms with van der Waals surface area (Å²) in [7, 11) is 6.05. The van der Waals surface area contributed by atoms with E-state index in [1.165, 1.54) is 0 Å². The van der Waals surface area contributed by atoms with E-state index in [0.717, 1.165) is 31.2 Å². The summed E-state index contributed by atoms with van der Waals surface area (Å²) < 4.78 is 0. The van der Waals surface area contributed by atoms with Gasteiger partial charge in [-0.3, -0.25) is 4.79 Å². The van der Waals surface area contributed by atoms with Crippen LogP contribution in [0.4, 0.5) is 0 Å². The van der Waals surface area contributed by atoms with Gasteiger partial charge in [-0.15, -0.1) is 0 Å². The molecule has 1 aromatic heterocycles. The summed E-state index contributed by atoms with van der Waals surface area (Å²) >= 11 is 0. The molecule has 112 valence electrons. The van der Waals surface area contributed by atoms with Crippen LogP contribution in [0.1, 0.15) is 17.9 Å². The van der Waals surface area contributed by atoms with Gasteiger partial charge in [0, 0.05) is 51.0 Å². The number of hydrogen-bond donors (Lipinski definition) is 1. The van der Waals surface area contributed by atoms with Gasteiger partial charge in [0.15, 0.2) is 0 Å². The normalized spacial score (nSPS) is 21.1. The number of imidazole rings is 1. The first-order valence-corrected chi connectivity index (χ1v) is 7.09. The third-order valence-corrected chi connectivity index (χ3v) is 3.96. The topological polar surface area (TPSA) is 55.5 Å². The van der Waals surface area contributed by atoms with E-state index in [1.807, 2.05) is 14.0 Å². The zero-order chi connectivity index (χ0) is 14.7. The summed E-state index contributed by atoms with van der Waals surface area (Å²) in [5.41, 5.74) is 1.02. The Morgan fingerprint density at radius 3 is 2.90 bits per heavy atom. The molecule has 6 nitrogen and oxygen atoms in total. The highest BCUT2D eigenvalue weighted by atomic mass is 16.2. The molecule has 1 N–H and O–H groups in total. The molecule has 1 aromatic rings. The van der Waals surface area contributed by atoms with E-state index < -0.39 is 0 Å². The third kappa shape index (κ3) is 3.80. The second-order valence-electron chi connectivity index (χ2n) is 5.86. The summed E-state index contributed by atoms with van der Waals surface area (Å²) in [6.07, 6.45) is 2.36. The minimum atomic E-state index is 0.172. The number of hydrogen-bond acceptors (Lipinski definition) is 4. The summed E-state index contributed by atoms with van der Waals surface area (Å²) in [4.78, 5) is 26.0. The maximum atomic E-state index is 12.3. The summed E-state index contributed by atoms with van der Waals surface area (Å²) in [5, 5.41) is 0. The van der Waals surface area contributed by atoms with Crippen LogP contribution in [0.15, 0.2) is 6.20 Å². The fourth-order valence-electron chi connectivity index (χ4n) is 2.54. The zero-order valence-corrected chi connectivity index (χ0v) is 12.9. The van der Waals surface area contributed by atoms with E-state index in [0.29, 0.717) is 19.0 Å². The monoisotopic (exact) mass is 279 g/mol. The van der Waals surface area contributed by atoms with Crippen LogP contribution in [0.2, 0.25) is 0 Å². The smallest absolute Gasteiger partial charge is 0.224 e. The van der Waals surface area contributed by atoms with E-state index in [4.69, 9.17) is 0 Å². The van der Waals surface area contributed by atoms with Gasteiger partial charge in [-0.1, -0.05) is 0 Å². The Morgan fingerprint density at radius 1 is 1.50 bits per heavy atom. The molecule has 0 radical (unpaired) electrons. The molecule has 0 aliphatic carbocycles. The summed E-state index contributed by atoms with van der Waals surface area (Å²) in [6.45, 7) is 5.55. The van der Waals surface area contributed by atoms with Crippen LogP contribution in [0.5, 0.6) is 0 Å². The molecule has 0 bridgehead atoms. The highest BCUT2D eigenvalue weighted by Gasteiger charge is 2.25. The average Bonchev–Trinajstić information content (AvgIpc) is 2.79. The number of likely N-dealkylation sites (N-methyl/N-ethyl adjacent to an activating group) is 2. The molecule has 1 fully saturated rings. The van der Waals surface area contributed by atoms with Crippen molar-refractivity contribution in [2.24, 2.45) is 0 Å². The molecule has 0 aromatic carbocycles. The van der Waals surface area contributed by atoms with Gasteiger partial charge in [-0.05, 0) is 21.0 Å². The number of rotatable bonds is 4. The third-order valence-electron chi connectivity index (χ3n) is 3.96. The molecule has 1 unspecified atom stereocenters. The molecule has 1 amide bonds. The van der Waals surface area contributed by atoms with Crippen molar-refractivity contribution in [2.45, 2.75) is 25.9 Å². The van der Waals surface area contributed by atoms with Crippen molar-refractivity contribution in [1.29, 1.82) is 0 Å². The van der Waals surface area contributed by atoms with Crippen molar-refractivity contribution in [2.75, 3.05) is 40.8 Å². The molecule has 2 rings (SSSR count). The number of aryl methyl sites for hydroxylation is 1. The predicted octanol–water partition coefficient (Wildman–Crippen LogP) is 0.312. The van der Waals surface area contributed by atoms with Gasteiger partial charge >= 0.3 is 0 Å². The standard InChI is InChI=1S/C14H25N5O/c1-11-8-15-13(16-11)10-19(4)14(20)7-12-9-17(2)5-6-18(12)3/h8,12H,5-7,9-10H2,1-4H3,(H,15,16). The Kier molecular flexibility index (Phi) is 4.77. The van der Waals surface area contributed by atoms with Gasteiger partial charge in [-0.25, -0.2) is 4.98 Å². The highest BCUT2D eigenvalue weighted by molar-refractivity contribution is 5.76. The van der Waals surface area contributed by atoms with Crippen LogP contribution in [0, 0.1) is 6.92 Å². The first-order valence-electron chi connectivity index (χ1n) is 7.09. The first kappa shape index (κ1) is 15.0. The summed E-state index contributed by atoms with van der Waals surface area (Å²) in [5.74, 6) is 1.01. The lowest BCUT2D eigenvalue weighted by atomic mass is 10.1. The number of H-pyrrole nitrogens is 1. The second-order valence-corrected chi connectivity index (χ2v) is 5.86. The molecular formula is C14H25N5O. The Hall–Kier alpha value is -1.40. The SMILES string of the molecule is Cc1cnc(CN(C)C(=O)CC2CN(C)CCN2C)[nH]1. The van der Waals surface area contributed by atoms with Gasteiger partial charge < -0.3 is 19.7 Å². The molecule has 1 atom stereocenters. The maximum Gasteiger partial charge on any atom is 0.224 e. The maximum absolute atomic E-state index is 12.3. The minimum absolute atomic E-state index is 0.172. The Labute approximate surface area is 120 Å². The Bertz CT molecular complexity index is 458. The molecule has 20 heavy (non-hydrogen) atoms. The number of carbonyl (C=O) groups excluding carboxylic acids is 1. The van der Waals surface area contributed by atoms with Crippen LogP contribution < -0.4 is 0 Å². The van der Waals surface area contributed by atoms with Crippen molar-refractivity contribution in [1.82, 2.24) is 24.7 Å². The van der Waals surface area contributed by atoms with Gasteiger partial charge in [0.25, 0.3) is 0 Å². The molecule has 6 heteroatoms. The first-order chi connectivity index (χ1) is 9.45. The molecule has 0 saturated carbocycles. The van der Waals surface area contributed by atoms with Crippen molar-refractivity contribution in [3.8, 4) is 0 Å². The van der Waals surface area contributed by atoms with Gasteiger partial charge in [0.2, 0.25) is 5.91 Å².